The molecule has 0 atom stereocenters. The third-order valence-corrected chi connectivity index (χ3v) is 12.2. The van der Waals surface area contributed by atoms with E-state index in [9.17, 15) is 26.3 Å². The number of nitrogens with zero attached hydrogens (tertiary/aromatic N) is 5. The number of halogens is 6. The van der Waals surface area contributed by atoms with E-state index < -0.39 is 23.5 Å². The molecule has 0 saturated carbocycles. The van der Waals surface area contributed by atoms with Crippen molar-refractivity contribution in [1.29, 1.82) is 0 Å². The molecule has 0 radical (unpaired) electrons. The predicted octanol–water partition coefficient (Wildman–Crippen LogP) is 14.4. The Morgan fingerprint density at radius 1 is 0.500 bits per heavy atom. The van der Waals surface area contributed by atoms with Gasteiger partial charge in [0.15, 0.2) is 0 Å². The van der Waals surface area contributed by atoms with E-state index in [1.54, 1.807) is 0 Å². The Kier molecular flexibility index (Phi) is 10.1. The van der Waals surface area contributed by atoms with Gasteiger partial charge in [0, 0.05) is 28.1 Å². The predicted molar refractivity (Wildman–Crippen MR) is 236 cm³/mol. The van der Waals surface area contributed by atoms with Gasteiger partial charge in [-0.05, 0) is 70.2 Å². The van der Waals surface area contributed by atoms with E-state index in [2.05, 4.69) is 16.7 Å². The third-order valence-electron chi connectivity index (χ3n) is 11.1. The van der Waals surface area contributed by atoms with Crippen LogP contribution in [-0.4, -0.2) is 24.1 Å². The third kappa shape index (κ3) is 6.98. The Labute approximate surface area is 379 Å². The maximum absolute atomic E-state index is 14.0. The van der Waals surface area contributed by atoms with Crippen molar-refractivity contribution in [2.24, 2.45) is 0 Å². The van der Waals surface area contributed by atoms with E-state index in [0.717, 1.165) is 73.3 Å². The Hall–Kier alpha value is -6.88. The number of hydrogen-bond donors (Lipinski definition) is 0. The number of thiophene rings is 1. The average Bonchev–Trinajstić information content (AvgIpc) is 4.01. The number of benzene rings is 7. The molecule has 0 spiro atoms. The van der Waals surface area contributed by atoms with Crippen LogP contribution in [0.25, 0.3) is 98.9 Å². The van der Waals surface area contributed by atoms with Gasteiger partial charge in [-0.2, -0.15) is 37.7 Å². The first-order valence-electron chi connectivity index (χ1n) is 19.7. The number of aromatic nitrogens is 5. The van der Waals surface area contributed by atoms with Crippen molar-refractivity contribution >= 4 is 53.7 Å². The molecule has 0 unspecified atom stereocenters. The van der Waals surface area contributed by atoms with Crippen LogP contribution in [0.5, 0.6) is 0 Å². The number of rotatable bonds is 6. The first kappa shape index (κ1) is 41.1. The van der Waals surface area contributed by atoms with Gasteiger partial charge >= 0.3 is 33.4 Å². The van der Waals surface area contributed by atoms with Gasteiger partial charge in [0.05, 0.1) is 45.0 Å². The monoisotopic (exact) mass is 1050 g/mol. The molecule has 0 aliphatic carbocycles. The summed E-state index contributed by atoms with van der Waals surface area (Å²) < 4.78 is 86.8. The second kappa shape index (κ2) is 15.7. The molecular weight excluding hydrogens is 1020 g/mol. The quantitative estimate of drug-likeness (QED) is 0.123. The van der Waals surface area contributed by atoms with Gasteiger partial charge < -0.3 is 9.13 Å². The standard InChI is InChI=1S/C51H27F6N5S.Pt/c52-50(53,54)32-25-23-30(24-26-32)41-28-27-39-38-19-8-20-40(46(38)63-49(39)58-41)48-60-45-37(18-10-22-43(45)62(48)35-15-5-2-6-16-35)36-17-9-21-42-44(36)59-47(61(42)34-13-3-1-4-14-34)31-11-7-12-33(29-31)51(55,56)57;/h1-10,12-19,21-29H;/q-2;+2. The fraction of sp³-hybridized carbons (Fsp3) is 0.0392. The van der Waals surface area contributed by atoms with Crippen LogP contribution in [0.15, 0.2) is 164 Å². The van der Waals surface area contributed by atoms with Crippen LogP contribution >= 0.6 is 11.3 Å². The molecule has 0 aliphatic heterocycles. The molecule has 0 bridgehead atoms. The summed E-state index contributed by atoms with van der Waals surface area (Å²) in [7, 11) is 0. The molecule has 0 amide bonds. The molecular formula is C51H27F6N5PtS. The summed E-state index contributed by atoms with van der Waals surface area (Å²) in [5.41, 5.74) is 6.30. The molecule has 0 aliphatic rings. The van der Waals surface area contributed by atoms with E-state index in [4.69, 9.17) is 15.0 Å². The van der Waals surface area contributed by atoms with Crippen molar-refractivity contribution in [2.45, 2.75) is 12.4 Å². The molecule has 7 aromatic carbocycles. The number of hydrogen-bond acceptors (Lipinski definition) is 4. The van der Waals surface area contributed by atoms with Crippen LogP contribution in [0.2, 0.25) is 0 Å². The van der Waals surface area contributed by atoms with Gasteiger partial charge in [-0.15, -0.1) is 48.0 Å². The fourth-order valence-electron chi connectivity index (χ4n) is 8.21. The van der Waals surface area contributed by atoms with Gasteiger partial charge in [-0.1, -0.05) is 89.8 Å². The Morgan fingerprint density at radius 2 is 1.08 bits per heavy atom. The minimum absolute atomic E-state index is 0. The van der Waals surface area contributed by atoms with E-state index >= 15 is 0 Å². The van der Waals surface area contributed by atoms with Gasteiger partial charge in [0.2, 0.25) is 0 Å². The van der Waals surface area contributed by atoms with Crippen molar-refractivity contribution in [2.75, 3.05) is 0 Å². The summed E-state index contributed by atoms with van der Waals surface area (Å²) in [4.78, 5) is 16.1. The van der Waals surface area contributed by atoms with Crippen LogP contribution in [0.4, 0.5) is 26.3 Å². The summed E-state index contributed by atoms with van der Waals surface area (Å²) in [6.45, 7) is 0. The largest absolute Gasteiger partial charge is 2.00 e. The molecule has 0 saturated heterocycles. The van der Waals surface area contributed by atoms with E-state index in [1.807, 2.05) is 126 Å². The van der Waals surface area contributed by atoms with Crippen molar-refractivity contribution in [3.05, 3.63) is 187 Å². The summed E-state index contributed by atoms with van der Waals surface area (Å²) in [6, 6.07) is 53.3. The van der Waals surface area contributed by atoms with Crippen LogP contribution < -0.4 is 0 Å². The van der Waals surface area contributed by atoms with Crippen LogP contribution in [0.3, 0.4) is 0 Å². The number of fused-ring (bicyclic) bond motifs is 5. The summed E-state index contributed by atoms with van der Waals surface area (Å²) >= 11 is 1.46. The summed E-state index contributed by atoms with van der Waals surface area (Å²) in [6.07, 6.45) is -9.00. The molecule has 314 valence electrons. The molecule has 13 heteroatoms. The Balaban J connectivity index is 0.00000484. The number of pyridine rings is 1. The van der Waals surface area contributed by atoms with Crippen molar-refractivity contribution in [3.8, 4) is 56.5 Å². The van der Waals surface area contributed by atoms with Gasteiger partial charge in [0.25, 0.3) is 0 Å². The van der Waals surface area contributed by atoms with E-state index in [1.165, 1.54) is 29.5 Å². The topological polar surface area (TPSA) is 48.5 Å². The first-order chi connectivity index (χ1) is 30.5. The maximum atomic E-state index is 14.0. The second-order valence-corrected chi connectivity index (χ2v) is 15.9. The molecule has 11 aromatic rings. The fourth-order valence-corrected chi connectivity index (χ4v) is 9.37. The molecule has 0 fully saturated rings. The van der Waals surface area contributed by atoms with Gasteiger partial charge in [-0.3, -0.25) is 9.97 Å². The molecule has 4 heterocycles. The van der Waals surface area contributed by atoms with Gasteiger partial charge in [-0.25, -0.2) is 4.98 Å². The van der Waals surface area contributed by atoms with Crippen LogP contribution in [-0.2, 0) is 33.4 Å². The normalized spacial score (nSPS) is 12.1. The van der Waals surface area contributed by atoms with E-state index in [-0.39, 0.29) is 26.6 Å². The molecule has 11 rings (SSSR count). The number of para-hydroxylation sites is 4. The first-order valence-corrected chi connectivity index (χ1v) is 20.5. The number of alkyl halides is 6. The molecule has 64 heavy (non-hydrogen) atoms. The van der Waals surface area contributed by atoms with Gasteiger partial charge in [0.1, 0.15) is 4.83 Å². The maximum Gasteiger partial charge on any atom is 2.00 e. The molecule has 5 nitrogen and oxygen atoms in total. The summed E-state index contributed by atoms with van der Waals surface area (Å²) in [5.74, 6) is 0.920. The minimum Gasteiger partial charge on any atom is -0.333 e. The summed E-state index contributed by atoms with van der Waals surface area (Å²) in [5, 5.41) is 1.82. The SMILES string of the molecule is FC(F)(F)c1ccc(-c2ccc3c(n2)sc2c(-c4nc5c(-c6cccc7c6nc(-c6[c-]ccc(C(F)(F)F)c6)n7-c6ccccc6)cccc5n4-c4ccccc4)[c-]ccc23)cc1.[Pt+2]. The van der Waals surface area contributed by atoms with Crippen LogP contribution in [0, 0.1) is 12.1 Å². The zero-order valence-corrected chi connectivity index (χ0v) is 35.9. The second-order valence-electron chi connectivity index (χ2n) is 14.9. The minimum atomic E-state index is -4.56. The molecule has 4 aromatic heterocycles. The molecule has 0 N–H and O–H groups in total. The number of imidazole rings is 2. The van der Waals surface area contributed by atoms with Crippen molar-refractivity contribution in [3.63, 3.8) is 0 Å². The van der Waals surface area contributed by atoms with Crippen molar-refractivity contribution in [1.82, 2.24) is 24.1 Å². The van der Waals surface area contributed by atoms with Crippen LogP contribution in [0.1, 0.15) is 11.1 Å². The van der Waals surface area contributed by atoms with Crippen molar-refractivity contribution < 1.29 is 47.4 Å². The zero-order chi connectivity index (χ0) is 43.0. The smallest absolute Gasteiger partial charge is 0.333 e. The van der Waals surface area contributed by atoms with E-state index in [0.29, 0.717) is 44.3 Å². The Morgan fingerprint density at radius 3 is 1.69 bits per heavy atom. The Bertz CT molecular complexity index is 3540. The zero-order valence-electron chi connectivity index (χ0n) is 32.8. The average molecular weight is 1050 g/mol.